The molecule has 0 aliphatic carbocycles. The van der Waals surface area contributed by atoms with Crippen molar-refractivity contribution in [2.45, 2.75) is 32.0 Å². The van der Waals surface area contributed by atoms with Gasteiger partial charge in [-0.25, -0.2) is 8.42 Å². The van der Waals surface area contributed by atoms with Gasteiger partial charge in [0.05, 0.1) is 17.6 Å². The molecule has 5 heteroatoms. The molecule has 4 nitrogen and oxygen atoms in total. The SMILES string of the molecule is CCC(O)c1ccc(OC2CCS(=O)(=O)C2)cc1. The predicted octanol–water partition coefficient (Wildman–Crippen LogP) is 1.70. The van der Waals surface area contributed by atoms with Gasteiger partial charge >= 0.3 is 0 Å². The molecule has 18 heavy (non-hydrogen) atoms. The Kier molecular flexibility index (Phi) is 3.92. The second-order valence-electron chi connectivity index (χ2n) is 4.64. The van der Waals surface area contributed by atoms with E-state index in [-0.39, 0.29) is 17.6 Å². The summed E-state index contributed by atoms with van der Waals surface area (Å²) in [4.78, 5) is 0. The Morgan fingerprint density at radius 2 is 2.06 bits per heavy atom. The lowest BCUT2D eigenvalue weighted by atomic mass is 10.1. The lowest BCUT2D eigenvalue weighted by Crippen LogP contribution is -2.17. The Labute approximate surface area is 108 Å². The van der Waals surface area contributed by atoms with Gasteiger partial charge in [-0.2, -0.15) is 0 Å². The van der Waals surface area contributed by atoms with Crippen LogP contribution in [0.1, 0.15) is 31.4 Å². The van der Waals surface area contributed by atoms with Crippen molar-refractivity contribution >= 4 is 9.84 Å². The second kappa shape index (κ2) is 5.28. The van der Waals surface area contributed by atoms with E-state index in [1.807, 2.05) is 19.1 Å². The summed E-state index contributed by atoms with van der Waals surface area (Å²) in [5, 5.41) is 9.65. The third kappa shape index (κ3) is 3.23. The number of hydrogen-bond donors (Lipinski definition) is 1. The van der Waals surface area contributed by atoms with Crippen LogP contribution in [0.2, 0.25) is 0 Å². The van der Waals surface area contributed by atoms with Crippen molar-refractivity contribution in [3.8, 4) is 5.75 Å². The quantitative estimate of drug-likeness (QED) is 0.904. The van der Waals surface area contributed by atoms with Gasteiger partial charge in [0, 0.05) is 0 Å². The lowest BCUT2D eigenvalue weighted by Gasteiger charge is -2.13. The van der Waals surface area contributed by atoms with Crippen LogP contribution in [-0.4, -0.2) is 31.1 Å². The molecule has 0 spiro atoms. The molecule has 1 aromatic carbocycles. The van der Waals surface area contributed by atoms with Crippen LogP contribution in [-0.2, 0) is 9.84 Å². The molecule has 1 aliphatic rings. The van der Waals surface area contributed by atoms with Gasteiger partial charge in [-0.3, -0.25) is 0 Å². The molecule has 1 N–H and O–H groups in total. The Bertz CT molecular complexity index is 492. The fraction of sp³-hybridized carbons (Fsp3) is 0.538. The third-order valence-corrected chi connectivity index (χ3v) is 4.88. The maximum atomic E-state index is 11.3. The van der Waals surface area contributed by atoms with Crippen molar-refractivity contribution in [1.82, 2.24) is 0 Å². The van der Waals surface area contributed by atoms with E-state index in [4.69, 9.17) is 4.74 Å². The summed E-state index contributed by atoms with van der Waals surface area (Å²) < 4.78 is 28.2. The monoisotopic (exact) mass is 270 g/mol. The minimum Gasteiger partial charge on any atom is -0.489 e. The van der Waals surface area contributed by atoms with E-state index in [0.717, 1.165) is 5.56 Å². The largest absolute Gasteiger partial charge is 0.489 e. The summed E-state index contributed by atoms with van der Waals surface area (Å²) in [6.45, 7) is 1.92. The van der Waals surface area contributed by atoms with Crippen LogP contribution in [0.4, 0.5) is 0 Å². The van der Waals surface area contributed by atoms with E-state index in [0.29, 0.717) is 18.6 Å². The molecule has 2 atom stereocenters. The molecule has 0 bridgehead atoms. The van der Waals surface area contributed by atoms with Gasteiger partial charge in [0.15, 0.2) is 9.84 Å². The number of benzene rings is 1. The van der Waals surface area contributed by atoms with Crippen molar-refractivity contribution in [2.75, 3.05) is 11.5 Å². The zero-order chi connectivity index (χ0) is 13.2. The lowest BCUT2D eigenvalue weighted by molar-refractivity contribution is 0.173. The Morgan fingerprint density at radius 3 is 2.56 bits per heavy atom. The van der Waals surface area contributed by atoms with E-state index in [2.05, 4.69) is 0 Å². The molecule has 100 valence electrons. The molecule has 0 amide bonds. The summed E-state index contributed by atoms with van der Waals surface area (Å²) in [6.07, 6.45) is 0.533. The summed E-state index contributed by atoms with van der Waals surface area (Å²) in [6, 6.07) is 7.18. The molecule has 0 radical (unpaired) electrons. The number of hydrogen-bond acceptors (Lipinski definition) is 4. The highest BCUT2D eigenvalue weighted by Gasteiger charge is 2.29. The summed E-state index contributed by atoms with van der Waals surface area (Å²) in [7, 11) is -2.91. The molecule has 1 fully saturated rings. The van der Waals surface area contributed by atoms with E-state index in [1.165, 1.54) is 0 Å². The number of sulfone groups is 1. The number of aliphatic hydroxyl groups excluding tert-OH is 1. The van der Waals surface area contributed by atoms with Crippen LogP contribution in [0, 0.1) is 0 Å². The fourth-order valence-corrected chi connectivity index (χ4v) is 3.64. The zero-order valence-corrected chi connectivity index (χ0v) is 11.2. The van der Waals surface area contributed by atoms with Gasteiger partial charge in [-0.05, 0) is 30.5 Å². The van der Waals surface area contributed by atoms with E-state index < -0.39 is 15.9 Å². The average Bonchev–Trinajstić information content (AvgIpc) is 2.68. The second-order valence-corrected chi connectivity index (χ2v) is 6.86. The molecule has 2 unspecified atom stereocenters. The van der Waals surface area contributed by atoms with Crippen molar-refractivity contribution in [3.63, 3.8) is 0 Å². The van der Waals surface area contributed by atoms with E-state index in [9.17, 15) is 13.5 Å². The molecule has 1 aromatic rings. The summed E-state index contributed by atoms with van der Waals surface area (Å²) in [5.41, 5.74) is 0.851. The number of rotatable bonds is 4. The van der Waals surface area contributed by atoms with Gasteiger partial charge < -0.3 is 9.84 Å². The van der Waals surface area contributed by atoms with Gasteiger partial charge in [0.1, 0.15) is 11.9 Å². The smallest absolute Gasteiger partial charge is 0.154 e. The van der Waals surface area contributed by atoms with E-state index >= 15 is 0 Å². The first-order valence-electron chi connectivity index (χ1n) is 6.15. The third-order valence-electron chi connectivity index (χ3n) is 3.14. The number of aliphatic hydroxyl groups is 1. The summed E-state index contributed by atoms with van der Waals surface area (Å²) >= 11 is 0. The normalized spacial score (nSPS) is 23.8. The molecule has 0 aromatic heterocycles. The van der Waals surface area contributed by atoms with Crippen molar-refractivity contribution in [3.05, 3.63) is 29.8 Å². The van der Waals surface area contributed by atoms with Crippen LogP contribution in [0.25, 0.3) is 0 Å². The van der Waals surface area contributed by atoms with Crippen molar-refractivity contribution in [2.24, 2.45) is 0 Å². The molecule has 2 rings (SSSR count). The highest BCUT2D eigenvalue weighted by molar-refractivity contribution is 7.91. The zero-order valence-electron chi connectivity index (χ0n) is 10.4. The van der Waals surface area contributed by atoms with Crippen molar-refractivity contribution in [1.29, 1.82) is 0 Å². The fourth-order valence-electron chi connectivity index (χ4n) is 2.05. The molecular formula is C13H18O4S. The van der Waals surface area contributed by atoms with Gasteiger partial charge in [-0.1, -0.05) is 19.1 Å². The average molecular weight is 270 g/mol. The molecule has 1 aliphatic heterocycles. The van der Waals surface area contributed by atoms with Crippen molar-refractivity contribution < 1.29 is 18.3 Å². The standard InChI is InChI=1S/C13H18O4S/c1-2-13(14)10-3-5-11(6-4-10)17-12-7-8-18(15,16)9-12/h3-6,12-14H,2,7-9H2,1H3. The van der Waals surface area contributed by atoms with Crippen LogP contribution in [0.15, 0.2) is 24.3 Å². The minimum absolute atomic E-state index is 0.104. The maximum absolute atomic E-state index is 11.3. The van der Waals surface area contributed by atoms with Crippen LogP contribution >= 0.6 is 0 Å². The molecule has 1 heterocycles. The number of ether oxygens (including phenoxy) is 1. The highest BCUT2D eigenvalue weighted by atomic mass is 32.2. The topological polar surface area (TPSA) is 63.6 Å². The summed E-state index contributed by atoms with van der Waals surface area (Å²) in [5.74, 6) is 0.973. The molecular weight excluding hydrogens is 252 g/mol. The molecule has 1 saturated heterocycles. The molecule has 0 saturated carbocycles. The Balaban J connectivity index is 1.99. The van der Waals surface area contributed by atoms with Gasteiger partial charge in [-0.15, -0.1) is 0 Å². The van der Waals surface area contributed by atoms with Gasteiger partial charge in [0.25, 0.3) is 0 Å². The van der Waals surface area contributed by atoms with Crippen LogP contribution < -0.4 is 4.74 Å². The predicted molar refractivity (Wildman–Crippen MR) is 69.4 cm³/mol. The Morgan fingerprint density at radius 1 is 1.39 bits per heavy atom. The van der Waals surface area contributed by atoms with Crippen LogP contribution in [0.3, 0.4) is 0 Å². The minimum atomic E-state index is -2.91. The van der Waals surface area contributed by atoms with Gasteiger partial charge in [0.2, 0.25) is 0 Å². The first kappa shape index (κ1) is 13.4. The highest BCUT2D eigenvalue weighted by Crippen LogP contribution is 2.23. The Hall–Kier alpha value is -1.07. The van der Waals surface area contributed by atoms with E-state index in [1.54, 1.807) is 12.1 Å². The van der Waals surface area contributed by atoms with Crippen LogP contribution in [0.5, 0.6) is 5.75 Å². The first-order valence-corrected chi connectivity index (χ1v) is 7.97. The first-order chi connectivity index (χ1) is 8.50. The maximum Gasteiger partial charge on any atom is 0.154 e.